The van der Waals surface area contributed by atoms with E-state index in [1.165, 1.54) is 5.56 Å². The summed E-state index contributed by atoms with van der Waals surface area (Å²) in [5.74, 6) is 0. The highest BCUT2D eigenvalue weighted by Gasteiger charge is 1.97. The number of hydrogen-bond donors (Lipinski definition) is 0. The zero-order valence-electron chi connectivity index (χ0n) is 8.51. The second-order valence-electron chi connectivity index (χ2n) is 2.82. The molecule has 1 aromatic rings. The third-order valence-electron chi connectivity index (χ3n) is 1.81. The van der Waals surface area contributed by atoms with Crippen molar-refractivity contribution < 1.29 is 9.47 Å². The summed E-state index contributed by atoms with van der Waals surface area (Å²) < 4.78 is 9.93. The SMILES string of the molecule is COC(/C=N\Cc1ccccc1)OC. The van der Waals surface area contributed by atoms with Gasteiger partial charge < -0.3 is 9.47 Å². The molecule has 0 aromatic heterocycles. The highest BCUT2D eigenvalue weighted by Crippen LogP contribution is 1.99. The Kier molecular flexibility index (Phi) is 4.89. The highest BCUT2D eigenvalue weighted by atomic mass is 16.7. The standard InChI is InChI=1S/C11H15NO2/c1-13-11(14-2)9-12-8-10-6-4-3-5-7-10/h3-7,9,11H,8H2,1-2H3/b12-9-. The van der Waals surface area contributed by atoms with E-state index < -0.39 is 0 Å². The van der Waals surface area contributed by atoms with Crippen LogP contribution in [0.2, 0.25) is 0 Å². The molecule has 0 aliphatic heterocycles. The Hall–Kier alpha value is -1.19. The zero-order chi connectivity index (χ0) is 10.2. The largest absolute Gasteiger partial charge is 0.351 e. The lowest BCUT2D eigenvalue weighted by Crippen LogP contribution is -2.14. The molecule has 76 valence electrons. The van der Waals surface area contributed by atoms with E-state index in [0.29, 0.717) is 6.54 Å². The van der Waals surface area contributed by atoms with E-state index in [1.54, 1.807) is 20.4 Å². The van der Waals surface area contributed by atoms with Gasteiger partial charge in [0, 0.05) is 14.2 Å². The van der Waals surface area contributed by atoms with Gasteiger partial charge in [0.2, 0.25) is 0 Å². The summed E-state index contributed by atoms with van der Waals surface area (Å²) in [5.41, 5.74) is 1.18. The lowest BCUT2D eigenvalue weighted by molar-refractivity contribution is -0.0485. The van der Waals surface area contributed by atoms with Gasteiger partial charge in [-0.05, 0) is 5.56 Å². The number of nitrogens with zero attached hydrogens (tertiary/aromatic N) is 1. The molecule has 0 aliphatic carbocycles. The van der Waals surface area contributed by atoms with Crippen LogP contribution in [0.4, 0.5) is 0 Å². The predicted molar refractivity (Wildman–Crippen MR) is 56.4 cm³/mol. The van der Waals surface area contributed by atoms with Crippen LogP contribution in [0.5, 0.6) is 0 Å². The van der Waals surface area contributed by atoms with Crippen LogP contribution in [0.3, 0.4) is 0 Å². The molecule has 0 spiro atoms. The molecule has 0 amide bonds. The minimum absolute atomic E-state index is 0.348. The maximum Gasteiger partial charge on any atom is 0.193 e. The van der Waals surface area contributed by atoms with Crippen molar-refractivity contribution in [3.8, 4) is 0 Å². The fourth-order valence-corrected chi connectivity index (χ4v) is 1.05. The van der Waals surface area contributed by atoms with Gasteiger partial charge in [-0.1, -0.05) is 30.3 Å². The summed E-state index contributed by atoms with van der Waals surface area (Å²) in [6, 6.07) is 10.0. The molecule has 0 aliphatic rings. The minimum atomic E-state index is -0.348. The molecule has 0 saturated heterocycles. The van der Waals surface area contributed by atoms with Crippen molar-refractivity contribution in [3.63, 3.8) is 0 Å². The van der Waals surface area contributed by atoms with Crippen LogP contribution in [0.1, 0.15) is 5.56 Å². The summed E-state index contributed by atoms with van der Waals surface area (Å²) in [6.07, 6.45) is 1.31. The number of benzene rings is 1. The maximum absolute atomic E-state index is 4.97. The molecule has 1 rings (SSSR count). The number of ether oxygens (including phenoxy) is 2. The summed E-state index contributed by atoms with van der Waals surface area (Å²) in [6.45, 7) is 0.657. The van der Waals surface area contributed by atoms with Gasteiger partial charge in [-0.25, -0.2) is 0 Å². The van der Waals surface area contributed by atoms with E-state index >= 15 is 0 Å². The Bertz CT molecular complexity index is 268. The maximum atomic E-state index is 4.97. The van der Waals surface area contributed by atoms with Crippen molar-refractivity contribution in [1.82, 2.24) is 0 Å². The van der Waals surface area contributed by atoms with Crippen molar-refractivity contribution in [3.05, 3.63) is 35.9 Å². The second kappa shape index (κ2) is 6.29. The highest BCUT2D eigenvalue weighted by molar-refractivity contribution is 5.61. The summed E-state index contributed by atoms with van der Waals surface area (Å²) in [4.78, 5) is 4.21. The van der Waals surface area contributed by atoms with Gasteiger partial charge in [-0.2, -0.15) is 0 Å². The summed E-state index contributed by atoms with van der Waals surface area (Å²) in [7, 11) is 3.17. The summed E-state index contributed by atoms with van der Waals surface area (Å²) >= 11 is 0. The number of aliphatic imine (C=N–C) groups is 1. The fourth-order valence-electron chi connectivity index (χ4n) is 1.05. The Morgan fingerprint density at radius 1 is 1.21 bits per heavy atom. The first kappa shape index (κ1) is 10.9. The lowest BCUT2D eigenvalue weighted by atomic mass is 10.2. The first-order chi connectivity index (χ1) is 6.86. The van der Waals surface area contributed by atoms with Crippen LogP contribution in [0.25, 0.3) is 0 Å². The summed E-state index contributed by atoms with van der Waals surface area (Å²) in [5, 5.41) is 0. The molecular weight excluding hydrogens is 178 g/mol. The Balaban J connectivity index is 2.40. The molecule has 3 heteroatoms. The average Bonchev–Trinajstić information content (AvgIpc) is 2.26. The van der Waals surface area contributed by atoms with Crippen LogP contribution in [-0.4, -0.2) is 26.7 Å². The third kappa shape index (κ3) is 3.68. The first-order valence-corrected chi connectivity index (χ1v) is 4.46. The molecule has 0 unspecified atom stereocenters. The fraction of sp³-hybridized carbons (Fsp3) is 0.364. The molecule has 0 saturated carbocycles. The molecule has 0 radical (unpaired) electrons. The van der Waals surface area contributed by atoms with Gasteiger partial charge in [0.15, 0.2) is 6.29 Å². The van der Waals surface area contributed by atoms with Crippen LogP contribution in [0, 0.1) is 0 Å². The van der Waals surface area contributed by atoms with Crippen molar-refractivity contribution in [2.45, 2.75) is 12.8 Å². The van der Waals surface area contributed by atoms with Crippen LogP contribution in [0.15, 0.2) is 35.3 Å². The van der Waals surface area contributed by atoms with Crippen LogP contribution in [-0.2, 0) is 16.0 Å². The normalized spacial score (nSPS) is 11.4. The monoisotopic (exact) mass is 193 g/mol. The molecule has 0 fully saturated rings. The Labute approximate surface area is 84.4 Å². The number of methoxy groups -OCH3 is 2. The van der Waals surface area contributed by atoms with E-state index in [1.807, 2.05) is 30.3 Å². The van der Waals surface area contributed by atoms with Crippen molar-refractivity contribution in [2.24, 2.45) is 4.99 Å². The third-order valence-corrected chi connectivity index (χ3v) is 1.81. The number of rotatable bonds is 5. The molecule has 3 nitrogen and oxygen atoms in total. The average molecular weight is 193 g/mol. The van der Waals surface area contributed by atoms with E-state index in [2.05, 4.69) is 4.99 Å². The van der Waals surface area contributed by atoms with Gasteiger partial charge in [-0.3, -0.25) is 4.99 Å². The predicted octanol–water partition coefficient (Wildman–Crippen LogP) is 1.88. The Morgan fingerprint density at radius 2 is 1.86 bits per heavy atom. The van der Waals surface area contributed by atoms with Crippen LogP contribution >= 0.6 is 0 Å². The molecule has 0 heterocycles. The van der Waals surface area contributed by atoms with Gasteiger partial charge in [-0.15, -0.1) is 0 Å². The smallest absolute Gasteiger partial charge is 0.193 e. The van der Waals surface area contributed by atoms with Crippen LogP contribution < -0.4 is 0 Å². The van der Waals surface area contributed by atoms with Gasteiger partial charge >= 0.3 is 0 Å². The molecule has 0 bridgehead atoms. The van der Waals surface area contributed by atoms with Crippen molar-refractivity contribution >= 4 is 6.21 Å². The lowest BCUT2D eigenvalue weighted by Gasteiger charge is -2.06. The topological polar surface area (TPSA) is 30.8 Å². The van der Waals surface area contributed by atoms with E-state index in [4.69, 9.17) is 9.47 Å². The van der Waals surface area contributed by atoms with E-state index in [9.17, 15) is 0 Å². The van der Waals surface area contributed by atoms with E-state index in [0.717, 1.165) is 0 Å². The minimum Gasteiger partial charge on any atom is -0.351 e. The Morgan fingerprint density at radius 3 is 2.43 bits per heavy atom. The van der Waals surface area contributed by atoms with Gasteiger partial charge in [0.05, 0.1) is 12.8 Å². The second-order valence-corrected chi connectivity index (χ2v) is 2.82. The molecular formula is C11H15NO2. The zero-order valence-corrected chi connectivity index (χ0v) is 8.51. The first-order valence-electron chi connectivity index (χ1n) is 4.46. The molecule has 0 atom stereocenters. The quantitative estimate of drug-likeness (QED) is 0.528. The van der Waals surface area contributed by atoms with Gasteiger partial charge in [0.1, 0.15) is 0 Å². The van der Waals surface area contributed by atoms with Gasteiger partial charge in [0.25, 0.3) is 0 Å². The number of hydrogen-bond acceptors (Lipinski definition) is 3. The molecule has 1 aromatic carbocycles. The van der Waals surface area contributed by atoms with Crippen molar-refractivity contribution in [1.29, 1.82) is 0 Å². The molecule has 0 N–H and O–H groups in total. The van der Waals surface area contributed by atoms with Crippen molar-refractivity contribution in [2.75, 3.05) is 14.2 Å². The molecule has 14 heavy (non-hydrogen) atoms. The van der Waals surface area contributed by atoms with E-state index in [-0.39, 0.29) is 6.29 Å².